The second-order valence-corrected chi connectivity index (χ2v) is 10.3. The molecule has 0 aliphatic heterocycles. The number of aliphatic hydroxyl groups excluding tert-OH is 1. The molecule has 5 rings (SSSR count). The molecule has 0 saturated heterocycles. The van der Waals surface area contributed by atoms with Gasteiger partial charge in [-0.1, -0.05) is 13.8 Å². The molecule has 2 heteroatoms. The predicted octanol–water partition coefficient (Wildman–Crippen LogP) is 4.21. The molecule has 5 saturated carbocycles. The van der Waals surface area contributed by atoms with Crippen LogP contribution in [0.1, 0.15) is 72.1 Å². The van der Waals surface area contributed by atoms with E-state index in [0.29, 0.717) is 28.4 Å². The van der Waals surface area contributed by atoms with E-state index in [4.69, 9.17) is 0 Å². The van der Waals surface area contributed by atoms with Crippen molar-refractivity contribution < 1.29 is 9.90 Å². The highest BCUT2D eigenvalue weighted by Gasteiger charge is 2.77. The van der Waals surface area contributed by atoms with Crippen LogP contribution in [-0.4, -0.2) is 17.0 Å². The highest BCUT2D eigenvalue weighted by Crippen LogP contribution is 2.81. The van der Waals surface area contributed by atoms with Crippen LogP contribution >= 0.6 is 0 Å². The molecule has 1 spiro atoms. The Morgan fingerprint density at radius 1 is 1.04 bits per heavy atom. The second kappa shape index (κ2) is 4.23. The number of rotatable bonds is 1. The number of carbonyl (C=O) groups excluding carboxylic acids is 1. The molecule has 5 aliphatic rings. The van der Waals surface area contributed by atoms with E-state index < -0.39 is 0 Å². The van der Waals surface area contributed by atoms with Gasteiger partial charge in [0.1, 0.15) is 5.78 Å². The first-order valence-corrected chi connectivity index (χ1v) is 10.0. The number of ketones is 1. The minimum absolute atomic E-state index is 0.0695. The van der Waals surface area contributed by atoms with Crippen LogP contribution < -0.4 is 0 Å². The standard InChI is InChI=1S/C21H32O2/c1-12(22)15-4-5-16-14-10-18(23)21-11-13(21)6-9-20(21,3)17(14)7-8-19(15,16)2/h13-18,23H,4-11H2,1-3H3/t13-,14?,15-,16?,17?,18-,19-,20-,21?/m1/s1. The zero-order chi connectivity index (χ0) is 16.2. The largest absolute Gasteiger partial charge is 0.393 e. The van der Waals surface area contributed by atoms with Crippen LogP contribution in [0, 0.1) is 45.8 Å². The molecule has 9 atom stereocenters. The van der Waals surface area contributed by atoms with Gasteiger partial charge in [0.15, 0.2) is 0 Å². The zero-order valence-electron chi connectivity index (χ0n) is 15.0. The molecular formula is C21H32O2. The summed E-state index contributed by atoms with van der Waals surface area (Å²) >= 11 is 0. The molecule has 0 bridgehead atoms. The number of carbonyl (C=O) groups is 1. The van der Waals surface area contributed by atoms with Crippen molar-refractivity contribution in [2.24, 2.45) is 45.8 Å². The van der Waals surface area contributed by atoms with Gasteiger partial charge in [0.2, 0.25) is 0 Å². The van der Waals surface area contributed by atoms with Crippen molar-refractivity contribution >= 4 is 5.78 Å². The molecule has 0 heterocycles. The van der Waals surface area contributed by atoms with E-state index in [0.717, 1.165) is 24.7 Å². The maximum atomic E-state index is 12.2. The van der Waals surface area contributed by atoms with Gasteiger partial charge in [-0.25, -0.2) is 0 Å². The Labute approximate surface area is 140 Å². The van der Waals surface area contributed by atoms with Gasteiger partial charge in [-0.3, -0.25) is 4.79 Å². The fourth-order valence-electron chi connectivity index (χ4n) is 8.98. The molecule has 5 fully saturated rings. The van der Waals surface area contributed by atoms with Crippen LogP contribution in [-0.2, 0) is 4.79 Å². The molecule has 128 valence electrons. The number of hydrogen-bond acceptors (Lipinski definition) is 2. The summed E-state index contributed by atoms with van der Waals surface area (Å²) in [6.07, 6.45) is 9.83. The van der Waals surface area contributed by atoms with Gasteiger partial charge in [0, 0.05) is 11.3 Å². The van der Waals surface area contributed by atoms with Crippen molar-refractivity contribution in [2.75, 3.05) is 0 Å². The molecular weight excluding hydrogens is 284 g/mol. The number of hydrogen-bond donors (Lipinski definition) is 1. The van der Waals surface area contributed by atoms with Crippen molar-refractivity contribution in [1.29, 1.82) is 0 Å². The normalized spacial score (nSPS) is 63.0. The van der Waals surface area contributed by atoms with Crippen molar-refractivity contribution in [1.82, 2.24) is 0 Å². The van der Waals surface area contributed by atoms with Gasteiger partial charge in [0.25, 0.3) is 0 Å². The second-order valence-electron chi connectivity index (χ2n) is 10.3. The van der Waals surface area contributed by atoms with Crippen LogP contribution in [0.4, 0.5) is 0 Å². The van der Waals surface area contributed by atoms with Gasteiger partial charge in [-0.15, -0.1) is 0 Å². The van der Waals surface area contributed by atoms with Gasteiger partial charge >= 0.3 is 0 Å². The first-order valence-electron chi connectivity index (χ1n) is 10.0. The van der Waals surface area contributed by atoms with Gasteiger partial charge in [-0.2, -0.15) is 0 Å². The van der Waals surface area contributed by atoms with Crippen molar-refractivity contribution in [3.8, 4) is 0 Å². The minimum atomic E-state index is -0.0695. The first kappa shape index (κ1) is 14.9. The molecule has 0 amide bonds. The third-order valence-corrected chi connectivity index (χ3v) is 10.1. The van der Waals surface area contributed by atoms with Gasteiger partial charge in [-0.05, 0) is 92.8 Å². The fourth-order valence-corrected chi connectivity index (χ4v) is 8.98. The molecule has 0 aromatic rings. The summed E-state index contributed by atoms with van der Waals surface area (Å²) in [5, 5.41) is 11.1. The van der Waals surface area contributed by atoms with Crippen LogP contribution in [0.5, 0.6) is 0 Å². The third-order valence-electron chi connectivity index (χ3n) is 10.1. The van der Waals surface area contributed by atoms with Crippen molar-refractivity contribution in [3.63, 3.8) is 0 Å². The fraction of sp³-hybridized carbons (Fsp3) is 0.952. The summed E-state index contributed by atoms with van der Waals surface area (Å²) in [5.74, 6) is 3.68. The van der Waals surface area contributed by atoms with Crippen LogP contribution in [0.3, 0.4) is 0 Å². The van der Waals surface area contributed by atoms with Crippen LogP contribution in [0.15, 0.2) is 0 Å². The SMILES string of the molecule is CC(=O)[C@H]1CCC2C3C[C@@H](O)C45C[C@H]4CC[C@]5(C)C3CC[C@@]21C. The van der Waals surface area contributed by atoms with E-state index in [2.05, 4.69) is 13.8 Å². The third kappa shape index (κ3) is 1.50. The Kier molecular flexibility index (Phi) is 2.75. The monoisotopic (exact) mass is 316 g/mol. The summed E-state index contributed by atoms with van der Waals surface area (Å²) in [5.41, 5.74) is 0.894. The minimum Gasteiger partial charge on any atom is -0.393 e. The average molecular weight is 316 g/mol. The van der Waals surface area contributed by atoms with E-state index in [9.17, 15) is 9.90 Å². The smallest absolute Gasteiger partial charge is 0.133 e. The molecule has 4 unspecified atom stereocenters. The zero-order valence-corrected chi connectivity index (χ0v) is 15.0. The maximum Gasteiger partial charge on any atom is 0.133 e. The lowest BCUT2D eigenvalue weighted by Gasteiger charge is -2.60. The summed E-state index contributed by atoms with van der Waals surface area (Å²) in [6, 6.07) is 0. The first-order chi connectivity index (χ1) is 10.8. The van der Waals surface area contributed by atoms with Crippen molar-refractivity contribution in [3.05, 3.63) is 0 Å². The number of Topliss-reactive ketones (excluding diaryl/α,β-unsaturated/α-hetero) is 1. The van der Waals surface area contributed by atoms with E-state index in [1.807, 2.05) is 6.92 Å². The Morgan fingerprint density at radius 2 is 1.83 bits per heavy atom. The summed E-state index contributed by atoms with van der Waals surface area (Å²) in [6.45, 7) is 6.74. The summed E-state index contributed by atoms with van der Waals surface area (Å²) in [4.78, 5) is 12.2. The van der Waals surface area contributed by atoms with Crippen LogP contribution in [0.25, 0.3) is 0 Å². The van der Waals surface area contributed by atoms with E-state index in [1.165, 1.54) is 38.5 Å². The lowest BCUT2D eigenvalue weighted by atomic mass is 9.45. The Morgan fingerprint density at radius 3 is 2.52 bits per heavy atom. The molecule has 2 nitrogen and oxygen atoms in total. The van der Waals surface area contributed by atoms with Crippen LogP contribution in [0.2, 0.25) is 0 Å². The summed E-state index contributed by atoms with van der Waals surface area (Å²) < 4.78 is 0. The molecule has 1 N–H and O–H groups in total. The molecule has 0 aromatic heterocycles. The highest BCUT2D eigenvalue weighted by molar-refractivity contribution is 5.79. The van der Waals surface area contributed by atoms with E-state index in [-0.39, 0.29) is 17.4 Å². The lowest BCUT2D eigenvalue weighted by molar-refractivity contribution is -0.153. The number of aliphatic hydroxyl groups is 1. The molecule has 0 aromatic carbocycles. The molecule has 5 aliphatic carbocycles. The predicted molar refractivity (Wildman–Crippen MR) is 89.7 cm³/mol. The quantitative estimate of drug-likeness (QED) is 0.787. The van der Waals surface area contributed by atoms with Gasteiger partial charge in [0.05, 0.1) is 6.10 Å². The Bertz CT molecular complexity index is 570. The Hall–Kier alpha value is -0.370. The maximum absolute atomic E-state index is 12.2. The van der Waals surface area contributed by atoms with Crippen molar-refractivity contribution in [2.45, 2.75) is 78.2 Å². The average Bonchev–Trinajstić information content (AvgIpc) is 3.01. The number of fused-ring (bicyclic) bond motifs is 4. The van der Waals surface area contributed by atoms with E-state index in [1.54, 1.807) is 0 Å². The van der Waals surface area contributed by atoms with E-state index >= 15 is 0 Å². The molecule has 23 heavy (non-hydrogen) atoms. The topological polar surface area (TPSA) is 37.3 Å². The van der Waals surface area contributed by atoms with Gasteiger partial charge < -0.3 is 5.11 Å². The summed E-state index contributed by atoms with van der Waals surface area (Å²) in [7, 11) is 0. The Balaban J connectivity index is 1.52. The lowest BCUT2D eigenvalue weighted by Crippen LogP contribution is -2.56. The molecule has 0 radical (unpaired) electrons. The highest BCUT2D eigenvalue weighted by atomic mass is 16.3.